The van der Waals surface area contributed by atoms with Gasteiger partial charge in [0.2, 0.25) is 5.91 Å². The number of nitrogens with zero attached hydrogens (tertiary/aromatic N) is 3. The molecule has 0 aromatic heterocycles. The van der Waals surface area contributed by atoms with Gasteiger partial charge >= 0.3 is 6.03 Å². The number of alkyl halides is 2. The third-order valence-electron chi connectivity index (χ3n) is 6.32. The first kappa shape index (κ1) is 18.6. The highest BCUT2D eigenvalue weighted by atomic mass is 19.3. The summed E-state index contributed by atoms with van der Waals surface area (Å²) in [4.78, 5) is 29.6. The second kappa shape index (κ2) is 6.83. The molecule has 4 aliphatic rings. The van der Waals surface area contributed by atoms with E-state index in [1.807, 2.05) is 29.2 Å². The summed E-state index contributed by atoms with van der Waals surface area (Å²) < 4.78 is 31.6. The van der Waals surface area contributed by atoms with Crippen molar-refractivity contribution in [3.63, 3.8) is 0 Å². The minimum atomic E-state index is -2.57. The fourth-order valence-corrected chi connectivity index (χ4v) is 4.57. The van der Waals surface area contributed by atoms with E-state index in [-0.39, 0.29) is 49.7 Å². The lowest BCUT2D eigenvalue weighted by atomic mass is 9.91. The molecule has 156 valence electrons. The average Bonchev–Trinajstić information content (AvgIpc) is 2.64. The summed E-state index contributed by atoms with van der Waals surface area (Å²) in [5.74, 6) is -2.44. The molecular formula is C20H24F2N4O3. The summed E-state index contributed by atoms with van der Waals surface area (Å²) >= 11 is 0. The van der Waals surface area contributed by atoms with E-state index in [0.717, 1.165) is 17.7 Å². The molecule has 4 saturated heterocycles. The van der Waals surface area contributed by atoms with Crippen LogP contribution in [0.25, 0.3) is 0 Å². The number of amides is 3. The van der Waals surface area contributed by atoms with Gasteiger partial charge in [0.25, 0.3) is 5.92 Å². The number of ether oxygens (including phenoxy) is 1. The number of morpholine rings is 1. The van der Waals surface area contributed by atoms with E-state index >= 15 is 0 Å². The maximum absolute atomic E-state index is 13.0. The molecular weight excluding hydrogens is 382 g/mol. The smallest absolute Gasteiger partial charge is 0.320 e. The molecule has 0 radical (unpaired) electrons. The molecule has 0 aliphatic carbocycles. The van der Waals surface area contributed by atoms with Crippen LogP contribution in [0, 0.1) is 0 Å². The number of benzene rings is 1. The lowest BCUT2D eigenvalue weighted by Gasteiger charge is -2.46. The number of nitrogens with one attached hydrogen (secondary N) is 1. The van der Waals surface area contributed by atoms with Crippen molar-refractivity contribution in [2.45, 2.75) is 30.4 Å². The van der Waals surface area contributed by atoms with Crippen molar-refractivity contribution >= 4 is 17.6 Å². The van der Waals surface area contributed by atoms with Crippen LogP contribution in [0.1, 0.15) is 17.9 Å². The largest absolute Gasteiger partial charge is 0.366 e. The monoisotopic (exact) mass is 406 g/mol. The van der Waals surface area contributed by atoms with Gasteiger partial charge < -0.3 is 24.8 Å². The molecule has 2 unspecified atom stereocenters. The molecule has 9 heteroatoms. The van der Waals surface area contributed by atoms with E-state index in [1.165, 1.54) is 0 Å². The highest BCUT2D eigenvalue weighted by Crippen LogP contribution is 2.34. The van der Waals surface area contributed by atoms with Gasteiger partial charge in [0.05, 0.1) is 25.2 Å². The maximum atomic E-state index is 13.0. The Morgan fingerprint density at radius 1 is 1.10 bits per heavy atom. The van der Waals surface area contributed by atoms with Crippen LogP contribution in [0.5, 0.6) is 0 Å². The Morgan fingerprint density at radius 2 is 1.83 bits per heavy atom. The molecule has 0 spiro atoms. The van der Waals surface area contributed by atoms with Crippen LogP contribution in [0.3, 0.4) is 0 Å². The van der Waals surface area contributed by atoms with Crippen LogP contribution >= 0.6 is 0 Å². The van der Waals surface area contributed by atoms with Crippen LogP contribution in [-0.4, -0.2) is 85.7 Å². The summed E-state index contributed by atoms with van der Waals surface area (Å²) in [5.41, 5.74) is 1.93. The highest BCUT2D eigenvalue weighted by Gasteiger charge is 2.44. The summed E-state index contributed by atoms with van der Waals surface area (Å²) in [6, 6.07) is 7.57. The Labute approximate surface area is 167 Å². The molecule has 3 amide bonds. The number of hydrogen-bond acceptors (Lipinski definition) is 4. The van der Waals surface area contributed by atoms with Crippen LogP contribution < -0.4 is 10.2 Å². The topological polar surface area (TPSA) is 65.1 Å². The Hall–Kier alpha value is -2.42. The van der Waals surface area contributed by atoms with Gasteiger partial charge in [0.15, 0.2) is 0 Å². The normalized spacial score (nSPS) is 28.9. The molecule has 7 nitrogen and oxygen atoms in total. The molecule has 0 bridgehead atoms. The summed E-state index contributed by atoms with van der Waals surface area (Å²) in [5, 5.41) is 2.91. The minimum Gasteiger partial charge on any atom is -0.366 e. The number of carbonyl (C=O) groups excluding carboxylic acids is 2. The van der Waals surface area contributed by atoms with Gasteiger partial charge in [-0.1, -0.05) is 12.1 Å². The van der Waals surface area contributed by atoms with Crippen molar-refractivity contribution in [3.05, 3.63) is 29.8 Å². The Morgan fingerprint density at radius 3 is 2.52 bits per heavy atom. The van der Waals surface area contributed by atoms with Gasteiger partial charge in [0.1, 0.15) is 6.61 Å². The Balaban J connectivity index is 1.13. The van der Waals surface area contributed by atoms with E-state index in [0.29, 0.717) is 26.2 Å². The maximum Gasteiger partial charge on any atom is 0.320 e. The van der Waals surface area contributed by atoms with Crippen LogP contribution in [0.2, 0.25) is 0 Å². The fourth-order valence-electron chi connectivity index (χ4n) is 4.57. The standard InChI is InChI=1S/C20H24F2N4O3/c21-20(22)11-26(12-20)15-3-1-13(2-4-15)14-7-25(8-14)19(28)24-6-5-17-16(9-24)23-18(27)10-29-17/h1-4,14,16-17H,5-12H2,(H,23,27). The summed E-state index contributed by atoms with van der Waals surface area (Å²) in [6.45, 7) is 2.06. The molecule has 0 saturated carbocycles. The minimum absolute atomic E-state index is 0.000969. The predicted octanol–water partition coefficient (Wildman–Crippen LogP) is 1.25. The van der Waals surface area contributed by atoms with Crippen molar-refractivity contribution in [1.29, 1.82) is 0 Å². The summed E-state index contributed by atoms with van der Waals surface area (Å²) in [7, 11) is 0. The lowest BCUT2D eigenvalue weighted by Crippen LogP contribution is -2.63. The highest BCUT2D eigenvalue weighted by molar-refractivity contribution is 5.79. The SMILES string of the molecule is O=C1COC2CCN(C(=O)N3CC(c4ccc(N5CC(F)(F)C5)cc4)C3)CC2N1. The molecule has 1 aromatic rings. The van der Waals surface area contributed by atoms with Crippen LogP contribution in [0.15, 0.2) is 24.3 Å². The first-order chi connectivity index (χ1) is 13.9. The lowest BCUT2D eigenvalue weighted by molar-refractivity contribution is -0.139. The molecule has 4 fully saturated rings. The van der Waals surface area contributed by atoms with E-state index in [9.17, 15) is 18.4 Å². The Bertz CT molecular complexity index is 804. The molecule has 4 heterocycles. The number of rotatable bonds is 2. The first-order valence-corrected chi connectivity index (χ1v) is 10.1. The number of halogens is 2. The third kappa shape index (κ3) is 3.52. The number of fused-ring (bicyclic) bond motifs is 1. The molecule has 5 rings (SSSR count). The second-order valence-corrected chi connectivity index (χ2v) is 8.45. The van der Waals surface area contributed by atoms with E-state index in [4.69, 9.17) is 4.74 Å². The molecule has 2 atom stereocenters. The van der Waals surface area contributed by atoms with Crippen molar-refractivity contribution in [3.8, 4) is 0 Å². The van der Waals surface area contributed by atoms with Gasteiger partial charge in [-0.2, -0.15) is 0 Å². The van der Waals surface area contributed by atoms with E-state index < -0.39 is 5.92 Å². The van der Waals surface area contributed by atoms with Crippen LogP contribution in [0.4, 0.5) is 19.3 Å². The van der Waals surface area contributed by atoms with Gasteiger partial charge in [-0.25, -0.2) is 13.6 Å². The van der Waals surface area contributed by atoms with Gasteiger partial charge in [-0.05, 0) is 24.1 Å². The fraction of sp³-hybridized carbons (Fsp3) is 0.600. The predicted molar refractivity (Wildman–Crippen MR) is 101 cm³/mol. The number of hydrogen-bond donors (Lipinski definition) is 1. The van der Waals surface area contributed by atoms with Crippen molar-refractivity contribution in [2.75, 3.05) is 50.8 Å². The molecule has 1 N–H and O–H groups in total. The zero-order valence-corrected chi connectivity index (χ0v) is 16.0. The number of urea groups is 1. The van der Waals surface area contributed by atoms with E-state index in [2.05, 4.69) is 5.32 Å². The zero-order valence-electron chi connectivity index (χ0n) is 16.0. The molecule has 1 aromatic carbocycles. The zero-order chi connectivity index (χ0) is 20.2. The number of piperidine rings is 1. The summed E-state index contributed by atoms with van der Waals surface area (Å²) in [6.07, 6.45) is 0.719. The quantitative estimate of drug-likeness (QED) is 0.803. The van der Waals surface area contributed by atoms with Crippen molar-refractivity contribution in [2.24, 2.45) is 0 Å². The molecule has 29 heavy (non-hydrogen) atoms. The Kier molecular flexibility index (Phi) is 4.38. The number of carbonyl (C=O) groups is 2. The first-order valence-electron chi connectivity index (χ1n) is 10.1. The van der Waals surface area contributed by atoms with Crippen molar-refractivity contribution < 1.29 is 23.1 Å². The van der Waals surface area contributed by atoms with E-state index in [1.54, 1.807) is 9.80 Å². The average molecular weight is 406 g/mol. The number of likely N-dealkylation sites (tertiary alicyclic amines) is 2. The third-order valence-corrected chi connectivity index (χ3v) is 6.32. The molecule has 4 aliphatic heterocycles. The van der Waals surface area contributed by atoms with Gasteiger partial charge in [-0.15, -0.1) is 0 Å². The van der Waals surface area contributed by atoms with Crippen LogP contribution in [-0.2, 0) is 9.53 Å². The van der Waals surface area contributed by atoms with Gasteiger partial charge in [-0.3, -0.25) is 4.79 Å². The number of anilines is 1. The van der Waals surface area contributed by atoms with Crippen molar-refractivity contribution in [1.82, 2.24) is 15.1 Å². The second-order valence-electron chi connectivity index (χ2n) is 8.45. The van der Waals surface area contributed by atoms with Gasteiger partial charge in [0, 0.05) is 37.8 Å².